The van der Waals surface area contributed by atoms with E-state index in [1.165, 1.54) is 18.2 Å². The second-order valence-electron chi connectivity index (χ2n) is 5.06. The second kappa shape index (κ2) is 7.55. The van der Waals surface area contributed by atoms with Crippen LogP contribution in [0.3, 0.4) is 0 Å². The van der Waals surface area contributed by atoms with Crippen LogP contribution in [-0.4, -0.2) is 52.1 Å². The van der Waals surface area contributed by atoms with Gasteiger partial charge in [-0.3, -0.25) is 9.11 Å². The molecule has 10 heteroatoms. The van der Waals surface area contributed by atoms with Gasteiger partial charge in [-0.15, -0.1) is 0 Å². The van der Waals surface area contributed by atoms with E-state index < -0.39 is 30.0 Å². The Balaban J connectivity index is 0.000000292. The zero-order chi connectivity index (χ0) is 17.8. The highest BCUT2D eigenvalue weighted by molar-refractivity contribution is 7.89. The van der Waals surface area contributed by atoms with Crippen molar-refractivity contribution in [3.8, 4) is 0 Å². The lowest BCUT2D eigenvalue weighted by Gasteiger charge is -2.11. The molecule has 1 aliphatic rings. The van der Waals surface area contributed by atoms with Gasteiger partial charge in [0.05, 0.1) is 0 Å². The molecule has 0 atom stereocenters. The van der Waals surface area contributed by atoms with Gasteiger partial charge in [0, 0.05) is 31.6 Å². The Morgan fingerprint density at radius 1 is 0.750 bits per heavy atom. The molecule has 8 nitrogen and oxygen atoms in total. The number of hydrogen-bond donors (Lipinski definition) is 4. The summed E-state index contributed by atoms with van der Waals surface area (Å²) in [6.07, 6.45) is 0. The molecule has 132 valence electrons. The molecule has 0 aromatic heterocycles. The van der Waals surface area contributed by atoms with E-state index in [1.807, 2.05) is 0 Å². The summed E-state index contributed by atoms with van der Waals surface area (Å²) in [6.45, 7) is 4.56. The Morgan fingerprint density at radius 3 is 1.75 bits per heavy atom. The van der Waals surface area contributed by atoms with Crippen molar-refractivity contribution in [1.82, 2.24) is 10.6 Å². The lowest BCUT2D eigenvalue weighted by Crippen LogP contribution is -2.39. The van der Waals surface area contributed by atoms with E-state index in [1.54, 1.807) is 12.1 Å². The molecule has 1 aliphatic heterocycles. The van der Waals surface area contributed by atoms with E-state index in [0.29, 0.717) is 5.39 Å². The summed E-state index contributed by atoms with van der Waals surface area (Å²) in [6, 6.07) is 8.28. The summed E-state index contributed by atoms with van der Waals surface area (Å²) in [5, 5.41) is 6.90. The molecule has 2 aromatic rings. The first kappa shape index (κ1) is 18.8. The molecule has 0 amide bonds. The van der Waals surface area contributed by atoms with Crippen LogP contribution in [0.2, 0.25) is 0 Å². The Morgan fingerprint density at radius 2 is 1.29 bits per heavy atom. The lowest BCUT2D eigenvalue weighted by atomic mass is 10.1. The third-order valence-corrected chi connectivity index (χ3v) is 5.32. The topological polar surface area (TPSA) is 133 Å². The normalized spacial score (nSPS) is 15.6. The van der Waals surface area contributed by atoms with Crippen molar-refractivity contribution in [2.24, 2.45) is 0 Å². The number of piperazine rings is 1. The van der Waals surface area contributed by atoms with Crippen molar-refractivity contribution >= 4 is 31.0 Å². The van der Waals surface area contributed by atoms with Crippen molar-refractivity contribution in [3.63, 3.8) is 0 Å². The van der Waals surface area contributed by atoms with Gasteiger partial charge in [0.15, 0.2) is 0 Å². The summed E-state index contributed by atoms with van der Waals surface area (Å²) < 4.78 is 63.0. The van der Waals surface area contributed by atoms with Crippen LogP contribution < -0.4 is 10.6 Å². The fourth-order valence-corrected chi connectivity index (χ4v) is 4.30. The molecule has 0 radical (unpaired) electrons. The van der Waals surface area contributed by atoms with Gasteiger partial charge in [0.1, 0.15) is 9.79 Å². The maximum absolute atomic E-state index is 11.3. The highest BCUT2D eigenvalue weighted by atomic mass is 32.2. The van der Waals surface area contributed by atoms with Gasteiger partial charge in [-0.1, -0.05) is 30.3 Å². The van der Waals surface area contributed by atoms with Crippen LogP contribution in [-0.2, 0) is 20.2 Å². The average Bonchev–Trinajstić information content (AvgIpc) is 2.54. The first-order chi connectivity index (χ1) is 11.2. The number of rotatable bonds is 2. The Labute approximate surface area is 140 Å². The standard InChI is InChI=1S/C10H8O6S2.C4H10N2/c11-17(12,13)9-6-5-7-3-1-2-4-8(7)10(9)18(14,15)16;1-2-6-4-3-5-1/h1-6H,(H,11,12,13)(H,14,15,16);5-6H,1-4H2. The maximum atomic E-state index is 11.3. The minimum Gasteiger partial charge on any atom is -0.314 e. The first-order valence-corrected chi connectivity index (χ1v) is 9.97. The smallest absolute Gasteiger partial charge is 0.296 e. The van der Waals surface area contributed by atoms with Crippen molar-refractivity contribution in [2.45, 2.75) is 9.79 Å². The van der Waals surface area contributed by atoms with E-state index in [-0.39, 0.29) is 5.39 Å². The number of nitrogens with one attached hydrogen (secondary N) is 2. The molecule has 0 unspecified atom stereocenters. The summed E-state index contributed by atoms with van der Waals surface area (Å²) in [4.78, 5) is -1.66. The molecule has 2 aromatic carbocycles. The monoisotopic (exact) mass is 374 g/mol. The minimum atomic E-state index is -4.78. The molecule has 0 aliphatic carbocycles. The van der Waals surface area contributed by atoms with E-state index in [9.17, 15) is 16.8 Å². The van der Waals surface area contributed by atoms with E-state index in [0.717, 1.165) is 32.2 Å². The Hall–Kier alpha value is -1.56. The van der Waals surface area contributed by atoms with Crippen LogP contribution in [0.4, 0.5) is 0 Å². The summed E-state index contributed by atoms with van der Waals surface area (Å²) in [7, 11) is -9.53. The summed E-state index contributed by atoms with van der Waals surface area (Å²) in [5.74, 6) is 0. The van der Waals surface area contributed by atoms with Crippen LogP contribution in [0, 0.1) is 0 Å². The van der Waals surface area contributed by atoms with Crippen LogP contribution in [0.5, 0.6) is 0 Å². The Bertz CT molecular complexity index is 910. The lowest BCUT2D eigenvalue weighted by molar-refractivity contribution is 0.467. The minimum absolute atomic E-state index is 0.0233. The highest BCUT2D eigenvalue weighted by Crippen LogP contribution is 2.29. The molecule has 24 heavy (non-hydrogen) atoms. The third kappa shape index (κ3) is 4.72. The highest BCUT2D eigenvalue weighted by Gasteiger charge is 2.26. The van der Waals surface area contributed by atoms with Crippen LogP contribution >= 0.6 is 0 Å². The van der Waals surface area contributed by atoms with Gasteiger partial charge >= 0.3 is 0 Å². The number of fused-ring (bicyclic) bond motifs is 1. The largest absolute Gasteiger partial charge is 0.314 e. The number of hydrogen-bond acceptors (Lipinski definition) is 6. The molecule has 1 fully saturated rings. The zero-order valence-electron chi connectivity index (χ0n) is 12.6. The fraction of sp³-hybridized carbons (Fsp3) is 0.286. The quantitative estimate of drug-likeness (QED) is 0.559. The molecule has 0 bridgehead atoms. The summed E-state index contributed by atoms with van der Waals surface area (Å²) in [5.41, 5.74) is 0. The predicted octanol–water partition coefficient (Wildman–Crippen LogP) is 0.512. The third-order valence-electron chi connectivity index (χ3n) is 3.34. The zero-order valence-corrected chi connectivity index (χ0v) is 14.3. The van der Waals surface area contributed by atoms with Gasteiger partial charge in [0.25, 0.3) is 20.2 Å². The second-order valence-corrected chi connectivity index (χ2v) is 7.81. The molecule has 1 saturated heterocycles. The maximum Gasteiger partial charge on any atom is 0.296 e. The Kier molecular flexibility index (Phi) is 5.91. The van der Waals surface area contributed by atoms with Gasteiger partial charge in [0.2, 0.25) is 0 Å². The van der Waals surface area contributed by atoms with Crippen LogP contribution in [0.1, 0.15) is 0 Å². The first-order valence-electron chi connectivity index (χ1n) is 7.09. The predicted molar refractivity (Wildman–Crippen MR) is 89.3 cm³/mol. The van der Waals surface area contributed by atoms with Crippen molar-refractivity contribution in [1.29, 1.82) is 0 Å². The van der Waals surface area contributed by atoms with Crippen LogP contribution in [0.15, 0.2) is 46.2 Å². The van der Waals surface area contributed by atoms with E-state index in [4.69, 9.17) is 9.11 Å². The van der Waals surface area contributed by atoms with E-state index in [2.05, 4.69) is 10.6 Å². The molecular weight excluding hydrogens is 356 g/mol. The van der Waals surface area contributed by atoms with Gasteiger partial charge in [-0.05, 0) is 11.5 Å². The van der Waals surface area contributed by atoms with Gasteiger partial charge < -0.3 is 10.6 Å². The van der Waals surface area contributed by atoms with Crippen LogP contribution in [0.25, 0.3) is 10.8 Å². The SMILES string of the molecule is C1CNCCN1.O=S(=O)(O)c1ccc2ccccc2c1S(=O)(=O)O. The number of benzene rings is 2. The van der Waals surface area contributed by atoms with Gasteiger partial charge in [-0.25, -0.2) is 0 Å². The van der Waals surface area contributed by atoms with Crippen molar-refractivity contribution in [2.75, 3.05) is 26.2 Å². The molecule has 0 spiro atoms. The molecular formula is C14H18N2O6S2. The van der Waals surface area contributed by atoms with Crippen molar-refractivity contribution in [3.05, 3.63) is 36.4 Å². The van der Waals surface area contributed by atoms with Crippen molar-refractivity contribution < 1.29 is 25.9 Å². The fourth-order valence-electron chi connectivity index (χ4n) is 2.30. The molecule has 1 heterocycles. The molecule has 4 N–H and O–H groups in total. The van der Waals surface area contributed by atoms with Gasteiger partial charge in [-0.2, -0.15) is 16.8 Å². The average molecular weight is 374 g/mol. The van der Waals surface area contributed by atoms with E-state index >= 15 is 0 Å². The summed E-state index contributed by atoms with van der Waals surface area (Å²) >= 11 is 0. The molecule has 3 rings (SSSR count). The molecule has 0 saturated carbocycles.